The van der Waals surface area contributed by atoms with Gasteiger partial charge in [0.1, 0.15) is 0 Å². The van der Waals surface area contributed by atoms with Crippen molar-refractivity contribution in [3.8, 4) is 0 Å². The molecule has 1 N–H and O–H groups in total. The Morgan fingerprint density at radius 2 is 1.94 bits per heavy atom. The second kappa shape index (κ2) is 5.52. The maximum Gasteiger partial charge on any atom is 0.307 e. The van der Waals surface area contributed by atoms with Crippen molar-refractivity contribution in [2.45, 2.75) is 39.7 Å². The van der Waals surface area contributed by atoms with E-state index in [1.807, 2.05) is 18.5 Å². The van der Waals surface area contributed by atoms with Crippen LogP contribution in [0.1, 0.15) is 29.8 Å². The summed E-state index contributed by atoms with van der Waals surface area (Å²) in [6.07, 6.45) is 2.66. The lowest BCUT2D eigenvalue weighted by atomic mass is 10.1. The highest BCUT2D eigenvalue weighted by Gasteiger charge is 2.16. The van der Waals surface area contributed by atoms with E-state index in [4.69, 9.17) is 5.11 Å². The quantitative estimate of drug-likeness (QED) is 0.855. The van der Waals surface area contributed by atoms with Crippen LogP contribution in [0.5, 0.6) is 0 Å². The first-order valence-corrected chi connectivity index (χ1v) is 6.55. The smallest absolute Gasteiger partial charge is 0.307 e. The fourth-order valence-electron chi connectivity index (χ4n) is 2.60. The maximum absolute atomic E-state index is 10.8. The summed E-state index contributed by atoms with van der Waals surface area (Å²) in [5.74, 6) is -0.791. The van der Waals surface area contributed by atoms with E-state index in [1.54, 1.807) is 0 Å². The van der Waals surface area contributed by atoms with E-state index >= 15 is 0 Å². The van der Waals surface area contributed by atoms with Gasteiger partial charge < -0.3 is 10.0 Å². The summed E-state index contributed by atoms with van der Waals surface area (Å²) in [7, 11) is 0. The molecule has 0 unspecified atom stereocenters. The second-order valence-corrected chi connectivity index (χ2v) is 4.99. The average molecular weight is 251 g/mol. The van der Waals surface area contributed by atoms with Gasteiger partial charge in [-0.2, -0.15) is 5.10 Å². The third-order valence-electron chi connectivity index (χ3n) is 3.69. The molecule has 1 aliphatic heterocycles. The summed E-state index contributed by atoms with van der Waals surface area (Å²) in [5.41, 5.74) is 2.70. The molecule has 18 heavy (non-hydrogen) atoms. The van der Waals surface area contributed by atoms with E-state index in [0.717, 1.165) is 30.0 Å². The number of aryl methyl sites for hydroxylation is 1. The van der Waals surface area contributed by atoms with E-state index in [9.17, 15) is 4.79 Å². The molecule has 0 atom stereocenters. The largest absolute Gasteiger partial charge is 0.481 e. The highest BCUT2D eigenvalue weighted by atomic mass is 16.4. The average Bonchev–Trinajstić information content (AvgIpc) is 2.90. The molecule has 100 valence electrons. The zero-order valence-electron chi connectivity index (χ0n) is 11.1. The number of carboxylic acids is 1. The lowest BCUT2D eigenvalue weighted by molar-refractivity contribution is -0.136. The minimum Gasteiger partial charge on any atom is -0.481 e. The molecule has 0 saturated carbocycles. The van der Waals surface area contributed by atoms with Crippen LogP contribution in [0, 0.1) is 13.8 Å². The van der Waals surface area contributed by atoms with Gasteiger partial charge >= 0.3 is 5.97 Å². The van der Waals surface area contributed by atoms with Gasteiger partial charge in [0.05, 0.1) is 18.7 Å². The monoisotopic (exact) mass is 251 g/mol. The Bertz CT molecular complexity index is 434. The van der Waals surface area contributed by atoms with E-state index in [1.165, 1.54) is 25.9 Å². The van der Waals surface area contributed by atoms with Gasteiger partial charge in [-0.15, -0.1) is 0 Å². The number of aliphatic carboxylic acids is 1. The zero-order valence-corrected chi connectivity index (χ0v) is 11.1. The van der Waals surface area contributed by atoms with Gasteiger partial charge in [0, 0.05) is 17.8 Å². The van der Waals surface area contributed by atoms with Crippen molar-refractivity contribution in [3.63, 3.8) is 0 Å². The number of rotatable bonds is 5. The van der Waals surface area contributed by atoms with Crippen LogP contribution in [-0.2, 0) is 17.8 Å². The number of carbonyl (C=O) groups is 1. The van der Waals surface area contributed by atoms with Crippen molar-refractivity contribution in [3.05, 3.63) is 17.0 Å². The third-order valence-corrected chi connectivity index (χ3v) is 3.69. The highest BCUT2D eigenvalue weighted by molar-refractivity contribution is 5.70. The number of nitrogens with zero attached hydrogens (tertiary/aromatic N) is 3. The van der Waals surface area contributed by atoms with Gasteiger partial charge in [0.2, 0.25) is 0 Å². The summed E-state index contributed by atoms with van der Waals surface area (Å²) < 4.78 is 1.95. The van der Waals surface area contributed by atoms with Gasteiger partial charge in [-0.05, 0) is 39.8 Å². The van der Waals surface area contributed by atoms with Crippen LogP contribution >= 0.6 is 0 Å². The molecule has 5 nitrogen and oxygen atoms in total. The van der Waals surface area contributed by atoms with Crippen LogP contribution in [0.4, 0.5) is 0 Å². The first-order valence-electron chi connectivity index (χ1n) is 6.55. The van der Waals surface area contributed by atoms with Crippen molar-refractivity contribution >= 4 is 5.97 Å². The molecule has 1 saturated heterocycles. The van der Waals surface area contributed by atoms with Crippen LogP contribution < -0.4 is 0 Å². The van der Waals surface area contributed by atoms with Crippen LogP contribution in [0.25, 0.3) is 0 Å². The van der Waals surface area contributed by atoms with Crippen molar-refractivity contribution in [2.75, 3.05) is 19.6 Å². The van der Waals surface area contributed by atoms with Gasteiger partial charge in [-0.1, -0.05) is 0 Å². The molecule has 0 amide bonds. The number of hydrogen-bond donors (Lipinski definition) is 1. The van der Waals surface area contributed by atoms with E-state index in [0.29, 0.717) is 0 Å². The van der Waals surface area contributed by atoms with Crippen molar-refractivity contribution in [1.82, 2.24) is 14.7 Å². The Balaban J connectivity index is 2.01. The number of hydrogen-bond acceptors (Lipinski definition) is 3. The molecule has 0 radical (unpaired) electrons. The molecule has 1 aromatic heterocycles. The minimum atomic E-state index is -0.791. The minimum absolute atomic E-state index is 0.0708. The summed E-state index contributed by atoms with van der Waals surface area (Å²) in [6.45, 7) is 8.07. The molecule has 2 rings (SSSR count). The van der Waals surface area contributed by atoms with Gasteiger partial charge in [0.25, 0.3) is 0 Å². The molecule has 0 bridgehead atoms. The summed E-state index contributed by atoms with van der Waals surface area (Å²) >= 11 is 0. The number of likely N-dealkylation sites (tertiary alicyclic amines) is 1. The highest BCUT2D eigenvalue weighted by Crippen LogP contribution is 2.14. The number of carboxylic acid groups (broad SMARTS) is 1. The van der Waals surface area contributed by atoms with E-state index in [-0.39, 0.29) is 6.42 Å². The first kappa shape index (κ1) is 13.1. The fourth-order valence-corrected chi connectivity index (χ4v) is 2.60. The van der Waals surface area contributed by atoms with Crippen molar-refractivity contribution < 1.29 is 9.90 Å². The van der Waals surface area contributed by atoms with Crippen LogP contribution in [0.15, 0.2) is 0 Å². The Hall–Kier alpha value is -1.36. The molecule has 0 aromatic carbocycles. The summed E-state index contributed by atoms with van der Waals surface area (Å²) in [6, 6.07) is 0. The second-order valence-electron chi connectivity index (χ2n) is 4.99. The van der Waals surface area contributed by atoms with E-state index < -0.39 is 5.97 Å². The Kier molecular flexibility index (Phi) is 4.01. The first-order chi connectivity index (χ1) is 8.58. The molecule has 2 heterocycles. The fraction of sp³-hybridized carbons (Fsp3) is 0.692. The topological polar surface area (TPSA) is 58.4 Å². The third kappa shape index (κ3) is 2.90. The lowest BCUT2D eigenvalue weighted by Gasteiger charge is -2.14. The molecule has 1 aliphatic rings. The van der Waals surface area contributed by atoms with Crippen LogP contribution in [0.3, 0.4) is 0 Å². The normalized spacial score (nSPS) is 16.3. The van der Waals surface area contributed by atoms with Gasteiger partial charge in [-0.3, -0.25) is 9.48 Å². The van der Waals surface area contributed by atoms with Crippen LogP contribution in [0.2, 0.25) is 0 Å². The molecular weight excluding hydrogens is 230 g/mol. The molecule has 1 aromatic rings. The number of aromatic nitrogens is 2. The molecule has 5 heteroatoms. The standard InChI is InChI=1S/C13H21N3O2/c1-10-12(9-13(17)18)11(2)16(14-10)8-7-15-5-3-4-6-15/h3-9H2,1-2H3,(H,17,18). The Morgan fingerprint density at radius 3 is 2.56 bits per heavy atom. The predicted molar refractivity (Wildman–Crippen MR) is 68.7 cm³/mol. The van der Waals surface area contributed by atoms with E-state index in [2.05, 4.69) is 10.00 Å². The SMILES string of the molecule is Cc1nn(CCN2CCCC2)c(C)c1CC(=O)O. The Morgan fingerprint density at radius 1 is 1.28 bits per heavy atom. The molecule has 0 spiro atoms. The lowest BCUT2D eigenvalue weighted by Crippen LogP contribution is -2.24. The summed E-state index contributed by atoms with van der Waals surface area (Å²) in [5, 5.41) is 13.3. The molecule has 0 aliphatic carbocycles. The van der Waals surface area contributed by atoms with Crippen molar-refractivity contribution in [2.24, 2.45) is 0 Å². The van der Waals surface area contributed by atoms with Crippen molar-refractivity contribution in [1.29, 1.82) is 0 Å². The summed E-state index contributed by atoms with van der Waals surface area (Å²) in [4.78, 5) is 13.2. The molecular formula is C13H21N3O2. The maximum atomic E-state index is 10.8. The predicted octanol–water partition coefficient (Wildman–Crippen LogP) is 1.22. The van der Waals surface area contributed by atoms with Gasteiger partial charge in [0.15, 0.2) is 0 Å². The Labute approximate surface area is 107 Å². The van der Waals surface area contributed by atoms with Crippen LogP contribution in [-0.4, -0.2) is 45.4 Å². The van der Waals surface area contributed by atoms with Gasteiger partial charge in [-0.25, -0.2) is 0 Å². The molecule has 1 fully saturated rings. The zero-order chi connectivity index (χ0) is 13.1.